The van der Waals surface area contributed by atoms with Crippen LogP contribution < -0.4 is 0 Å². The third-order valence-electron chi connectivity index (χ3n) is 6.37. The van der Waals surface area contributed by atoms with Gasteiger partial charge in [0.2, 0.25) is 0 Å². The number of fused-ring (bicyclic) bond motifs is 2. The minimum absolute atomic E-state index is 0.175. The first kappa shape index (κ1) is 21.1. The zero-order valence-electron chi connectivity index (χ0n) is 18.6. The predicted molar refractivity (Wildman–Crippen MR) is 131 cm³/mol. The van der Waals surface area contributed by atoms with Crippen LogP contribution in [0.2, 0.25) is 0 Å². The molecule has 4 nitrogen and oxygen atoms in total. The Labute approximate surface area is 197 Å². The minimum atomic E-state index is -0.176. The maximum atomic E-state index is 14.0. The second-order valence-electron chi connectivity index (χ2n) is 8.37. The van der Waals surface area contributed by atoms with Gasteiger partial charge in [0.15, 0.2) is 17.3 Å². The van der Waals surface area contributed by atoms with E-state index in [2.05, 4.69) is 10.9 Å². The van der Waals surface area contributed by atoms with E-state index in [-0.39, 0.29) is 11.6 Å². The summed E-state index contributed by atoms with van der Waals surface area (Å²) in [6.07, 6.45) is 0. The summed E-state index contributed by atoms with van der Waals surface area (Å²) in [7, 11) is 0. The predicted octanol–water partition coefficient (Wildman–Crippen LogP) is 6.84. The van der Waals surface area contributed by atoms with Crippen molar-refractivity contribution in [3.8, 4) is 28.3 Å². The highest BCUT2D eigenvalue weighted by Crippen LogP contribution is 2.41. The van der Waals surface area contributed by atoms with Crippen molar-refractivity contribution in [2.24, 2.45) is 0 Å². The van der Waals surface area contributed by atoms with Gasteiger partial charge >= 0.3 is 0 Å². The van der Waals surface area contributed by atoms with E-state index in [0.717, 1.165) is 22.3 Å². The zero-order valence-corrected chi connectivity index (χ0v) is 18.6. The number of hydrogen-bond donors (Lipinski definition) is 0. The molecule has 160 valence electrons. The number of carbonyl (C=O) groups excluding carboxylic acids is 2. The molecule has 1 aliphatic rings. The number of aryl methyl sites for hydroxylation is 2. The Morgan fingerprint density at radius 3 is 1.50 bits per heavy atom. The summed E-state index contributed by atoms with van der Waals surface area (Å²) in [6, 6.07) is 23.6. The molecule has 0 aromatic heterocycles. The van der Waals surface area contributed by atoms with Crippen LogP contribution >= 0.6 is 0 Å². The van der Waals surface area contributed by atoms with Crippen LogP contribution in [0, 0.1) is 31.8 Å². The first-order chi connectivity index (χ1) is 16.4. The van der Waals surface area contributed by atoms with Crippen molar-refractivity contribution < 1.29 is 9.59 Å². The largest absolute Gasteiger partial charge is 0.289 e. The van der Waals surface area contributed by atoms with Gasteiger partial charge in [-0.1, -0.05) is 60.7 Å². The second-order valence-corrected chi connectivity index (χ2v) is 8.37. The number of ketones is 2. The minimum Gasteiger partial charge on any atom is -0.289 e. The molecule has 0 saturated heterocycles. The van der Waals surface area contributed by atoms with Gasteiger partial charge < -0.3 is 0 Å². The molecule has 0 bridgehead atoms. The van der Waals surface area contributed by atoms with E-state index in [0.29, 0.717) is 44.6 Å². The molecule has 0 amide bonds. The van der Waals surface area contributed by atoms with Gasteiger partial charge in [-0.25, -0.2) is 4.85 Å². The monoisotopic (exact) mass is 438 g/mol. The maximum absolute atomic E-state index is 14.0. The van der Waals surface area contributed by atoms with Gasteiger partial charge in [-0.15, -0.1) is 0 Å². The summed E-state index contributed by atoms with van der Waals surface area (Å²) in [5.74, 6) is -0.352. The molecule has 0 atom stereocenters. The average molecular weight is 438 g/mol. The van der Waals surface area contributed by atoms with Crippen molar-refractivity contribution in [2.75, 3.05) is 0 Å². The quantitative estimate of drug-likeness (QED) is 0.284. The SMILES string of the molecule is [C-]#[N+]c1ccc(-c2ccc(-c3ccc(C#N)cc3)c3c2C(=O)c2c(C)ccc(C)c2C3=O)cc1. The highest BCUT2D eigenvalue weighted by atomic mass is 16.1. The van der Waals surface area contributed by atoms with Crippen LogP contribution in [0.1, 0.15) is 48.5 Å². The molecule has 4 aromatic carbocycles. The van der Waals surface area contributed by atoms with Crippen molar-refractivity contribution in [3.05, 3.63) is 123 Å². The first-order valence-electron chi connectivity index (χ1n) is 10.8. The van der Waals surface area contributed by atoms with Crippen LogP contribution in [0.25, 0.3) is 27.1 Å². The molecule has 0 N–H and O–H groups in total. The summed E-state index contributed by atoms with van der Waals surface area (Å²) in [5, 5.41) is 9.17. The fraction of sp³-hybridized carbons (Fsp3) is 0.0667. The Kier molecular flexibility index (Phi) is 4.93. The van der Waals surface area contributed by atoms with Crippen molar-refractivity contribution in [1.82, 2.24) is 0 Å². The van der Waals surface area contributed by atoms with Crippen LogP contribution in [-0.2, 0) is 0 Å². The van der Waals surface area contributed by atoms with Crippen LogP contribution in [-0.4, -0.2) is 11.6 Å². The molecule has 0 unspecified atom stereocenters. The van der Waals surface area contributed by atoms with Gasteiger partial charge in [0, 0.05) is 22.3 Å². The molecule has 0 aliphatic heterocycles. The van der Waals surface area contributed by atoms with E-state index in [9.17, 15) is 9.59 Å². The fourth-order valence-electron chi connectivity index (χ4n) is 4.64. The molecule has 4 heteroatoms. The topological polar surface area (TPSA) is 62.3 Å². The van der Waals surface area contributed by atoms with Crippen molar-refractivity contribution in [1.29, 1.82) is 5.26 Å². The van der Waals surface area contributed by atoms with Crippen LogP contribution in [0.3, 0.4) is 0 Å². The van der Waals surface area contributed by atoms with E-state index in [1.807, 2.05) is 38.1 Å². The van der Waals surface area contributed by atoms with Gasteiger partial charge in [-0.3, -0.25) is 9.59 Å². The Morgan fingerprint density at radius 2 is 1.09 bits per heavy atom. The van der Waals surface area contributed by atoms with Gasteiger partial charge in [0.1, 0.15) is 0 Å². The highest BCUT2D eigenvalue weighted by molar-refractivity contribution is 6.33. The van der Waals surface area contributed by atoms with E-state index in [1.165, 1.54) is 0 Å². The van der Waals surface area contributed by atoms with Crippen molar-refractivity contribution in [3.63, 3.8) is 0 Å². The molecular weight excluding hydrogens is 420 g/mol. The number of nitrogens with zero attached hydrogens (tertiary/aromatic N) is 2. The lowest BCUT2D eigenvalue weighted by Gasteiger charge is -2.25. The maximum Gasteiger partial charge on any atom is 0.195 e. The number of hydrogen-bond acceptors (Lipinski definition) is 3. The normalized spacial score (nSPS) is 11.9. The summed E-state index contributed by atoms with van der Waals surface area (Å²) in [5.41, 5.74) is 7.07. The average Bonchev–Trinajstić information content (AvgIpc) is 2.88. The summed E-state index contributed by atoms with van der Waals surface area (Å²) >= 11 is 0. The van der Waals surface area contributed by atoms with E-state index in [1.54, 1.807) is 48.5 Å². The lowest BCUT2D eigenvalue weighted by atomic mass is 9.75. The molecule has 0 fully saturated rings. The number of nitriles is 1. The number of carbonyl (C=O) groups is 2. The Morgan fingerprint density at radius 1 is 0.647 bits per heavy atom. The van der Waals surface area contributed by atoms with E-state index >= 15 is 0 Å². The highest BCUT2D eigenvalue weighted by Gasteiger charge is 2.36. The third kappa shape index (κ3) is 3.13. The molecule has 34 heavy (non-hydrogen) atoms. The molecule has 1 aliphatic carbocycles. The van der Waals surface area contributed by atoms with Gasteiger partial charge in [-0.05, 0) is 59.4 Å². The van der Waals surface area contributed by atoms with Crippen molar-refractivity contribution >= 4 is 17.3 Å². The smallest absolute Gasteiger partial charge is 0.195 e. The molecule has 0 saturated carbocycles. The van der Waals surface area contributed by atoms with E-state index < -0.39 is 0 Å². The van der Waals surface area contributed by atoms with Gasteiger partial charge in [0.05, 0.1) is 18.2 Å². The number of rotatable bonds is 2. The molecule has 4 aromatic rings. The van der Waals surface area contributed by atoms with Crippen LogP contribution in [0.5, 0.6) is 0 Å². The van der Waals surface area contributed by atoms with Gasteiger partial charge in [-0.2, -0.15) is 5.26 Å². The summed E-state index contributed by atoms with van der Waals surface area (Å²) in [4.78, 5) is 31.4. The Hall–Kier alpha value is -4.80. The Bertz CT molecular complexity index is 1480. The van der Waals surface area contributed by atoms with Gasteiger partial charge in [0.25, 0.3) is 0 Å². The van der Waals surface area contributed by atoms with E-state index in [4.69, 9.17) is 11.8 Å². The lowest BCUT2D eigenvalue weighted by Crippen LogP contribution is -2.25. The summed E-state index contributed by atoms with van der Waals surface area (Å²) < 4.78 is 0. The molecule has 0 radical (unpaired) electrons. The first-order valence-corrected chi connectivity index (χ1v) is 10.8. The Balaban J connectivity index is 1.84. The molecule has 5 rings (SSSR count). The zero-order chi connectivity index (χ0) is 24.0. The molecule has 0 heterocycles. The molecule has 0 spiro atoms. The molecular formula is C30H18N2O2. The third-order valence-corrected chi connectivity index (χ3v) is 6.37. The fourth-order valence-corrected chi connectivity index (χ4v) is 4.64. The number of benzene rings is 4. The standard InChI is InChI=1S/C30H18N2O2/c1-17-4-5-18(2)26-25(17)29(33)27-23(20-8-6-19(16-31)7-9-20)14-15-24(28(27)30(26)34)21-10-12-22(32-3)13-11-21/h4-15H,1-2H3. The van der Waals surface area contributed by atoms with Crippen LogP contribution in [0.4, 0.5) is 5.69 Å². The van der Waals surface area contributed by atoms with Crippen LogP contribution in [0.15, 0.2) is 72.8 Å². The summed E-state index contributed by atoms with van der Waals surface area (Å²) in [6.45, 7) is 10.9. The van der Waals surface area contributed by atoms with Crippen molar-refractivity contribution in [2.45, 2.75) is 13.8 Å². The second kappa shape index (κ2) is 7.96. The lowest BCUT2D eigenvalue weighted by molar-refractivity contribution is 0.0979.